The largest absolute Gasteiger partial charge is 0.389 e. The van der Waals surface area contributed by atoms with Gasteiger partial charge in [-0.25, -0.2) is 0 Å². The summed E-state index contributed by atoms with van der Waals surface area (Å²) >= 11 is 0. The van der Waals surface area contributed by atoms with Crippen LogP contribution in [0.3, 0.4) is 0 Å². The molecule has 1 unspecified atom stereocenters. The van der Waals surface area contributed by atoms with E-state index < -0.39 is 5.60 Å². The topological polar surface area (TPSA) is 32.3 Å². The van der Waals surface area contributed by atoms with Crippen LogP contribution in [0.1, 0.15) is 26.2 Å². The summed E-state index contributed by atoms with van der Waals surface area (Å²) < 4.78 is 0. The molecule has 64 valence electrons. The molecule has 2 heteroatoms. The molecule has 0 heterocycles. The number of nitrogens with one attached hydrogen (secondary N) is 1. The first-order valence-electron chi connectivity index (χ1n) is 4.21. The van der Waals surface area contributed by atoms with E-state index in [9.17, 15) is 5.11 Å². The molecule has 1 fully saturated rings. The van der Waals surface area contributed by atoms with Crippen LogP contribution in [-0.4, -0.2) is 23.3 Å². The molecule has 0 spiro atoms. The second kappa shape index (κ2) is 3.37. The second-order valence-electron chi connectivity index (χ2n) is 3.64. The normalized spacial score (nSPS) is 22.7. The van der Waals surface area contributed by atoms with Gasteiger partial charge in [-0.3, -0.25) is 0 Å². The van der Waals surface area contributed by atoms with E-state index in [0.717, 1.165) is 0 Å². The Morgan fingerprint density at radius 1 is 1.73 bits per heavy atom. The van der Waals surface area contributed by atoms with Crippen molar-refractivity contribution < 1.29 is 5.11 Å². The summed E-state index contributed by atoms with van der Waals surface area (Å²) in [5, 5.41) is 12.9. The Morgan fingerprint density at radius 3 is 2.82 bits per heavy atom. The number of aliphatic hydroxyl groups is 1. The lowest BCUT2D eigenvalue weighted by atomic mass is 10.0. The summed E-state index contributed by atoms with van der Waals surface area (Å²) in [7, 11) is 0. The van der Waals surface area contributed by atoms with Crippen molar-refractivity contribution in [3.05, 3.63) is 12.7 Å². The average Bonchev–Trinajstić information content (AvgIpc) is 2.65. The van der Waals surface area contributed by atoms with Crippen molar-refractivity contribution in [1.82, 2.24) is 5.32 Å². The van der Waals surface area contributed by atoms with E-state index in [2.05, 4.69) is 11.9 Å². The highest BCUT2D eigenvalue weighted by atomic mass is 16.3. The highest BCUT2D eigenvalue weighted by Crippen LogP contribution is 2.20. The maximum absolute atomic E-state index is 9.66. The first-order chi connectivity index (χ1) is 5.14. The van der Waals surface area contributed by atoms with Gasteiger partial charge in [0.25, 0.3) is 0 Å². The summed E-state index contributed by atoms with van der Waals surface area (Å²) in [6.07, 6.45) is 4.95. The van der Waals surface area contributed by atoms with E-state index in [-0.39, 0.29) is 0 Å². The summed E-state index contributed by atoms with van der Waals surface area (Å²) in [6.45, 7) is 6.12. The van der Waals surface area contributed by atoms with Crippen LogP contribution >= 0.6 is 0 Å². The fourth-order valence-electron chi connectivity index (χ4n) is 1.03. The van der Waals surface area contributed by atoms with Crippen LogP contribution in [0.5, 0.6) is 0 Å². The SMILES string of the molecule is C=CCC(C)(O)CNC1CC1. The molecule has 0 radical (unpaired) electrons. The van der Waals surface area contributed by atoms with Crippen LogP contribution in [0.25, 0.3) is 0 Å². The molecule has 1 aliphatic carbocycles. The molecule has 1 saturated carbocycles. The maximum atomic E-state index is 9.66. The minimum absolute atomic E-state index is 0.607. The van der Waals surface area contributed by atoms with E-state index in [1.54, 1.807) is 6.08 Å². The molecule has 0 aromatic carbocycles. The van der Waals surface area contributed by atoms with Crippen molar-refractivity contribution in [2.45, 2.75) is 37.8 Å². The van der Waals surface area contributed by atoms with Gasteiger partial charge in [-0.05, 0) is 26.2 Å². The molecule has 0 bridgehead atoms. The standard InChI is InChI=1S/C9H17NO/c1-3-6-9(2,11)7-10-8-4-5-8/h3,8,10-11H,1,4-7H2,2H3. The van der Waals surface area contributed by atoms with Crippen molar-refractivity contribution in [2.75, 3.05) is 6.54 Å². The lowest BCUT2D eigenvalue weighted by Gasteiger charge is -2.21. The first-order valence-corrected chi connectivity index (χ1v) is 4.21. The molecule has 2 N–H and O–H groups in total. The second-order valence-corrected chi connectivity index (χ2v) is 3.64. The van der Waals surface area contributed by atoms with Crippen molar-refractivity contribution in [1.29, 1.82) is 0 Å². The van der Waals surface area contributed by atoms with E-state index in [4.69, 9.17) is 0 Å². The molecule has 1 atom stereocenters. The first kappa shape index (κ1) is 8.75. The Bertz CT molecular complexity index is 138. The third kappa shape index (κ3) is 3.54. The molecule has 1 aliphatic rings. The van der Waals surface area contributed by atoms with Gasteiger partial charge in [0.05, 0.1) is 5.60 Å². The zero-order valence-corrected chi connectivity index (χ0v) is 7.14. The molecule has 0 aromatic heterocycles. The number of rotatable bonds is 5. The van der Waals surface area contributed by atoms with Crippen LogP contribution in [-0.2, 0) is 0 Å². The van der Waals surface area contributed by atoms with E-state index >= 15 is 0 Å². The van der Waals surface area contributed by atoms with Crippen LogP contribution in [0.4, 0.5) is 0 Å². The summed E-state index contributed by atoms with van der Waals surface area (Å²) in [4.78, 5) is 0. The molecular weight excluding hydrogens is 138 g/mol. The van der Waals surface area contributed by atoms with E-state index in [0.29, 0.717) is 19.0 Å². The summed E-state index contributed by atoms with van der Waals surface area (Å²) in [5.74, 6) is 0. The summed E-state index contributed by atoms with van der Waals surface area (Å²) in [6, 6.07) is 0.672. The van der Waals surface area contributed by atoms with Crippen molar-refractivity contribution in [2.24, 2.45) is 0 Å². The Kier molecular flexibility index (Phi) is 2.68. The van der Waals surface area contributed by atoms with Gasteiger partial charge in [0.1, 0.15) is 0 Å². The fourth-order valence-corrected chi connectivity index (χ4v) is 1.03. The Morgan fingerprint density at radius 2 is 2.36 bits per heavy atom. The monoisotopic (exact) mass is 155 g/mol. The average molecular weight is 155 g/mol. The maximum Gasteiger partial charge on any atom is 0.0777 e. The fraction of sp³-hybridized carbons (Fsp3) is 0.778. The van der Waals surface area contributed by atoms with Gasteiger partial charge < -0.3 is 10.4 Å². The van der Waals surface area contributed by atoms with Crippen molar-refractivity contribution >= 4 is 0 Å². The predicted molar refractivity (Wildman–Crippen MR) is 46.5 cm³/mol. The third-order valence-electron chi connectivity index (χ3n) is 1.93. The molecular formula is C9H17NO. The molecule has 0 aliphatic heterocycles. The molecule has 0 amide bonds. The lowest BCUT2D eigenvalue weighted by molar-refractivity contribution is 0.0626. The minimum Gasteiger partial charge on any atom is -0.389 e. The molecule has 0 saturated heterocycles. The third-order valence-corrected chi connectivity index (χ3v) is 1.93. The zero-order chi connectivity index (χ0) is 8.32. The van der Waals surface area contributed by atoms with Gasteiger partial charge in [0.2, 0.25) is 0 Å². The van der Waals surface area contributed by atoms with Crippen LogP contribution in [0.15, 0.2) is 12.7 Å². The van der Waals surface area contributed by atoms with Gasteiger partial charge in [-0.15, -0.1) is 6.58 Å². The Hall–Kier alpha value is -0.340. The number of hydrogen-bond acceptors (Lipinski definition) is 2. The van der Waals surface area contributed by atoms with Crippen LogP contribution < -0.4 is 5.32 Å². The van der Waals surface area contributed by atoms with Gasteiger partial charge in [-0.2, -0.15) is 0 Å². The number of hydrogen-bond donors (Lipinski definition) is 2. The quantitative estimate of drug-likeness (QED) is 0.582. The smallest absolute Gasteiger partial charge is 0.0777 e. The highest BCUT2D eigenvalue weighted by Gasteiger charge is 2.25. The van der Waals surface area contributed by atoms with Crippen LogP contribution in [0, 0.1) is 0 Å². The lowest BCUT2D eigenvalue weighted by Crippen LogP contribution is -2.38. The highest BCUT2D eigenvalue weighted by molar-refractivity contribution is 4.88. The zero-order valence-electron chi connectivity index (χ0n) is 7.14. The van der Waals surface area contributed by atoms with Gasteiger partial charge in [0, 0.05) is 12.6 Å². The summed E-state index contributed by atoms with van der Waals surface area (Å²) in [5.41, 5.74) is -0.607. The molecule has 1 rings (SSSR count). The molecule has 2 nitrogen and oxygen atoms in total. The molecule has 11 heavy (non-hydrogen) atoms. The van der Waals surface area contributed by atoms with Crippen LogP contribution in [0.2, 0.25) is 0 Å². The predicted octanol–water partition coefficient (Wildman–Crippen LogP) is 1.07. The van der Waals surface area contributed by atoms with Crippen molar-refractivity contribution in [3.63, 3.8) is 0 Å². The van der Waals surface area contributed by atoms with Crippen molar-refractivity contribution in [3.8, 4) is 0 Å². The molecule has 0 aromatic rings. The van der Waals surface area contributed by atoms with Gasteiger partial charge >= 0.3 is 0 Å². The Labute approximate surface area is 68.3 Å². The van der Waals surface area contributed by atoms with Gasteiger partial charge in [-0.1, -0.05) is 6.08 Å². The van der Waals surface area contributed by atoms with E-state index in [1.807, 2.05) is 6.92 Å². The van der Waals surface area contributed by atoms with E-state index in [1.165, 1.54) is 12.8 Å². The minimum atomic E-state index is -0.607. The Balaban J connectivity index is 2.14. The van der Waals surface area contributed by atoms with Gasteiger partial charge in [0.15, 0.2) is 0 Å².